The number of benzene rings is 1. The van der Waals surface area contributed by atoms with Crippen LogP contribution in [-0.4, -0.2) is 37.0 Å². The maximum atomic E-state index is 12.7. The predicted molar refractivity (Wildman–Crippen MR) is 64.1 cm³/mol. The van der Waals surface area contributed by atoms with Gasteiger partial charge in [-0.2, -0.15) is 0 Å². The molecule has 1 aliphatic rings. The Balaban J connectivity index is 1.83. The van der Waals surface area contributed by atoms with Gasteiger partial charge in [0.15, 0.2) is 0 Å². The lowest BCUT2D eigenvalue weighted by atomic mass is 10.1. The number of carbonyl (C=O) groups is 1. The molecular weight excluding hydrogens is 219 g/mol. The Bertz CT molecular complexity index is 391. The van der Waals surface area contributed by atoms with Crippen molar-refractivity contribution in [3.05, 3.63) is 35.6 Å². The Morgan fingerprint density at radius 3 is 2.76 bits per heavy atom. The standard InChI is InChI=1S/C13H17FN2O/c1-16-7-6-12(9-16)15-13(17)8-10-2-4-11(14)5-3-10/h2-5,12H,6-9H2,1H3,(H,15,17). The largest absolute Gasteiger partial charge is 0.352 e. The average molecular weight is 236 g/mol. The fourth-order valence-corrected chi connectivity index (χ4v) is 2.12. The second kappa shape index (κ2) is 5.27. The summed E-state index contributed by atoms with van der Waals surface area (Å²) in [5, 5.41) is 3.00. The second-order valence-electron chi connectivity index (χ2n) is 4.62. The summed E-state index contributed by atoms with van der Waals surface area (Å²) in [6, 6.07) is 6.32. The summed E-state index contributed by atoms with van der Waals surface area (Å²) >= 11 is 0. The van der Waals surface area contributed by atoms with Crippen LogP contribution < -0.4 is 5.32 Å². The molecule has 4 heteroatoms. The Morgan fingerprint density at radius 2 is 2.18 bits per heavy atom. The molecule has 0 saturated carbocycles. The van der Waals surface area contributed by atoms with Crippen molar-refractivity contribution in [1.82, 2.24) is 10.2 Å². The van der Waals surface area contributed by atoms with Crippen LogP contribution >= 0.6 is 0 Å². The van der Waals surface area contributed by atoms with Gasteiger partial charge in [-0.25, -0.2) is 4.39 Å². The van der Waals surface area contributed by atoms with Crippen molar-refractivity contribution >= 4 is 5.91 Å². The van der Waals surface area contributed by atoms with E-state index in [1.165, 1.54) is 12.1 Å². The normalized spacial score (nSPS) is 20.5. The quantitative estimate of drug-likeness (QED) is 0.855. The van der Waals surface area contributed by atoms with Crippen molar-refractivity contribution in [2.75, 3.05) is 20.1 Å². The molecule has 1 atom stereocenters. The number of rotatable bonds is 3. The van der Waals surface area contributed by atoms with E-state index in [0.717, 1.165) is 25.1 Å². The zero-order valence-corrected chi connectivity index (χ0v) is 9.95. The molecule has 92 valence electrons. The molecule has 1 aliphatic heterocycles. The first-order valence-electron chi connectivity index (χ1n) is 5.86. The molecule has 1 aromatic rings. The Kier molecular flexibility index (Phi) is 3.74. The monoisotopic (exact) mass is 236 g/mol. The lowest BCUT2D eigenvalue weighted by Gasteiger charge is -2.12. The first kappa shape index (κ1) is 12.0. The van der Waals surface area contributed by atoms with Gasteiger partial charge in [0.05, 0.1) is 6.42 Å². The highest BCUT2D eigenvalue weighted by molar-refractivity contribution is 5.78. The highest BCUT2D eigenvalue weighted by Gasteiger charge is 2.20. The Labute approximate surface area is 101 Å². The van der Waals surface area contributed by atoms with Crippen LogP contribution in [-0.2, 0) is 11.2 Å². The third kappa shape index (κ3) is 3.53. The molecule has 2 rings (SSSR count). The molecule has 17 heavy (non-hydrogen) atoms. The van der Waals surface area contributed by atoms with Crippen LogP contribution in [0.4, 0.5) is 4.39 Å². The number of hydrogen-bond donors (Lipinski definition) is 1. The maximum absolute atomic E-state index is 12.7. The lowest BCUT2D eigenvalue weighted by Crippen LogP contribution is -2.37. The molecule has 0 bridgehead atoms. The number of carbonyl (C=O) groups excluding carboxylic acids is 1. The molecule has 1 unspecified atom stereocenters. The number of likely N-dealkylation sites (tertiary alicyclic amines) is 1. The number of nitrogens with zero attached hydrogens (tertiary/aromatic N) is 1. The van der Waals surface area contributed by atoms with E-state index < -0.39 is 0 Å². The molecule has 1 aromatic carbocycles. The fraction of sp³-hybridized carbons (Fsp3) is 0.462. The van der Waals surface area contributed by atoms with E-state index in [-0.39, 0.29) is 17.8 Å². The SMILES string of the molecule is CN1CCC(NC(=O)Cc2ccc(F)cc2)C1. The summed E-state index contributed by atoms with van der Waals surface area (Å²) < 4.78 is 12.7. The van der Waals surface area contributed by atoms with Crippen LogP contribution in [0, 0.1) is 5.82 Å². The first-order valence-corrected chi connectivity index (χ1v) is 5.86. The molecule has 0 radical (unpaired) electrons. The van der Waals surface area contributed by atoms with Gasteiger partial charge in [-0.15, -0.1) is 0 Å². The third-order valence-electron chi connectivity index (χ3n) is 3.03. The van der Waals surface area contributed by atoms with Crippen molar-refractivity contribution in [1.29, 1.82) is 0 Å². The fourth-order valence-electron chi connectivity index (χ4n) is 2.12. The summed E-state index contributed by atoms with van der Waals surface area (Å²) in [4.78, 5) is 13.9. The minimum absolute atomic E-state index is 0.0110. The van der Waals surface area contributed by atoms with E-state index in [1.807, 2.05) is 7.05 Å². The van der Waals surface area contributed by atoms with Crippen LogP contribution in [0.5, 0.6) is 0 Å². The van der Waals surface area contributed by atoms with Gasteiger partial charge in [0.1, 0.15) is 5.82 Å². The van der Waals surface area contributed by atoms with Gasteiger partial charge >= 0.3 is 0 Å². The topological polar surface area (TPSA) is 32.3 Å². The van der Waals surface area contributed by atoms with Crippen LogP contribution in [0.25, 0.3) is 0 Å². The van der Waals surface area contributed by atoms with E-state index in [1.54, 1.807) is 12.1 Å². The highest BCUT2D eigenvalue weighted by atomic mass is 19.1. The minimum atomic E-state index is -0.272. The molecule has 1 heterocycles. The zero-order chi connectivity index (χ0) is 12.3. The maximum Gasteiger partial charge on any atom is 0.224 e. The number of likely N-dealkylation sites (N-methyl/N-ethyl adjacent to an activating group) is 1. The third-order valence-corrected chi connectivity index (χ3v) is 3.03. The van der Waals surface area contributed by atoms with Gasteiger partial charge in [-0.1, -0.05) is 12.1 Å². The van der Waals surface area contributed by atoms with E-state index >= 15 is 0 Å². The highest BCUT2D eigenvalue weighted by Crippen LogP contribution is 2.07. The summed E-state index contributed by atoms with van der Waals surface area (Å²) in [5.74, 6) is -0.261. The van der Waals surface area contributed by atoms with Gasteiger partial charge in [0, 0.05) is 12.6 Å². The number of amides is 1. The molecule has 0 spiro atoms. The average Bonchev–Trinajstić information content (AvgIpc) is 2.67. The minimum Gasteiger partial charge on any atom is -0.352 e. The van der Waals surface area contributed by atoms with Gasteiger partial charge in [-0.05, 0) is 37.7 Å². The number of nitrogens with one attached hydrogen (secondary N) is 1. The van der Waals surface area contributed by atoms with Crippen LogP contribution in [0.3, 0.4) is 0 Å². The summed E-state index contributed by atoms with van der Waals surface area (Å²) in [6.45, 7) is 1.94. The van der Waals surface area contributed by atoms with E-state index in [9.17, 15) is 9.18 Å². The molecule has 0 aromatic heterocycles. The smallest absolute Gasteiger partial charge is 0.224 e. The van der Waals surface area contributed by atoms with Crippen LogP contribution in [0.2, 0.25) is 0 Å². The van der Waals surface area contributed by atoms with Crippen molar-refractivity contribution in [2.24, 2.45) is 0 Å². The van der Waals surface area contributed by atoms with Crippen LogP contribution in [0.1, 0.15) is 12.0 Å². The summed E-state index contributed by atoms with van der Waals surface area (Å²) in [6.07, 6.45) is 1.33. The van der Waals surface area contributed by atoms with E-state index in [4.69, 9.17) is 0 Å². The lowest BCUT2D eigenvalue weighted by molar-refractivity contribution is -0.121. The molecule has 1 N–H and O–H groups in total. The van der Waals surface area contributed by atoms with Gasteiger partial charge in [0.2, 0.25) is 5.91 Å². The molecule has 1 amide bonds. The Hall–Kier alpha value is -1.42. The second-order valence-corrected chi connectivity index (χ2v) is 4.62. The van der Waals surface area contributed by atoms with Gasteiger partial charge < -0.3 is 10.2 Å². The first-order chi connectivity index (χ1) is 8.13. The van der Waals surface area contributed by atoms with Crippen molar-refractivity contribution in [3.8, 4) is 0 Å². The molecule has 3 nitrogen and oxygen atoms in total. The van der Waals surface area contributed by atoms with Crippen molar-refractivity contribution in [2.45, 2.75) is 18.9 Å². The zero-order valence-electron chi connectivity index (χ0n) is 9.95. The van der Waals surface area contributed by atoms with Crippen molar-refractivity contribution in [3.63, 3.8) is 0 Å². The Morgan fingerprint density at radius 1 is 1.47 bits per heavy atom. The molecule has 1 saturated heterocycles. The van der Waals surface area contributed by atoms with Gasteiger partial charge in [0.25, 0.3) is 0 Å². The van der Waals surface area contributed by atoms with E-state index in [0.29, 0.717) is 6.42 Å². The van der Waals surface area contributed by atoms with Gasteiger partial charge in [-0.3, -0.25) is 4.79 Å². The number of hydrogen-bond acceptors (Lipinski definition) is 2. The van der Waals surface area contributed by atoms with Crippen LogP contribution in [0.15, 0.2) is 24.3 Å². The molecular formula is C13H17FN2O. The number of halogens is 1. The predicted octanol–water partition coefficient (Wildman–Crippen LogP) is 1.19. The summed E-state index contributed by atoms with van der Waals surface area (Å²) in [7, 11) is 2.05. The van der Waals surface area contributed by atoms with E-state index in [2.05, 4.69) is 10.2 Å². The summed E-state index contributed by atoms with van der Waals surface area (Å²) in [5.41, 5.74) is 0.843. The molecule has 1 fully saturated rings. The van der Waals surface area contributed by atoms with Crippen molar-refractivity contribution < 1.29 is 9.18 Å². The molecule has 0 aliphatic carbocycles.